The normalized spacial score (nSPS) is 29.9. The van der Waals surface area contributed by atoms with Gasteiger partial charge in [-0.2, -0.15) is 0 Å². The van der Waals surface area contributed by atoms with Crippen molar-refractivity contribution in [1.82, 2.24) is 10.2 Å². The summed E-state index contributed by atoms with van der Waals surface area (Å²) in [6, 6.07) is 0.481. The first-order chi connectivity index (χ1) is 9.59. The van der Waals surface area contributed by atoms with Gasteiger partial charge in [0, 0.05) is 13.1 Å². The highest BCUT2D eigenvalue weighted by atomic mass is 16.2. The molecular formula is C17H32N2O. The van der Waals surface area contributed by atoms with E-state index in [9.17, 15) is 4.79 Å². The van der Waals surface area contributed by atoms with Crippen LogP contribution in [0.25, 0.3) is 0 Å². The Hall–Kier alpha value is -0.570. The second kappa shape index (κ2) is 6.93. The van der Waals surface area contributed by atoms with Crippen LogP contribution >= 0.6 is 0 Å². The molecule has 0 aromatic heterocycles. The Kier molecular flexibility index (Phi) is 5.48. The zero-order valence-electron chi connectivity index (χ0n) is 13.6. The first-order valence-corrected chi connectivity index (χ1v) is 8.57. The lowest BCUT2D eigenvalue weighted by Gasteiger charge is -2.43. The molecule has 1 saturated heterocycles. The van der Waals surface area contributed by atoms with Crippen LogP contribution in [0.15, 0.2) is 0 Å². The van der Waals surface area contributed by atoms with Crippen LogP contribution in [0.3, 0.4) is 0 Å². The lowest BCUT2D eigenvalue weighted by Crippen LogP contribution is -2.51. The van der Waals surface area contributed by atoms with E-state index in [0.717, 1.165) is 44.7 Å². The number of hydrogen-bond acceptors (Lipinski definition) is 2. The molecule has 2 fully saturated rings. The summed E-state index contributed by atoms with van der Waals surface area (Å²) >= 11 is 0. The van der Waals surface area contributed by atoms with E-state index in [1.165, 1.54) is 25.7 Å². The molecule has 2 unspecified atom stereocenters. The van der Waals surface area contributed by atoms with Crippen molar-refractivity contribution in [2.24, 2.45) is 11.3 Å². The Labute approximate surface area is 124 Å². The predicted molar refractivity (Wildman–Crippen MR) is 83.6 cm³/mol. The molecule has 1 amide bonds. The Morgan fingerprint density at radius 2 is 2.00 bits per heavy atom. The van der Waals surface area contributed by atoms with Crippen LogP contribution in [-0.4, -0.2) is 37.0 Å². The average Bonchev–Trinajstić information content (AvgIpc) is 2.47. The second-order valence-corrected chi connectivity index (χ2v) is 7.12. The van der Waals surface area contributed by atoms with Crippen molar-refractivity contribution >= 4 is 5.91 Å². The predicted octanol–water partition coefficient (Wildman–Crippen LogP) is 3.19. The van der Waals surface area contributed by atoms with Gasteiger partial charge in [-0.3, -0.25) is 4.79 Å². The van der Waals surface area contributed by atoms with Gasteiger partial charge < -0.3 is 10.2 Å². The highest BCUT2D eigenvalue weighted by Crippen LogP contribution is 2.38. The number of nitrogens with one attached hydrogen (secondary N) is 1. The third kappa shape index (κ3) is 3.36. The summed E-state index contributed by atoms with van der Waals surface area (Å²) in [5, 5.41) is 3.41. The molecule has 116 valence electrons. The molecule has 2 rings (SSSR count). The quantitative estimate of drug-likeness (QED) is 0.857. The molecule has 20 heavy (non-hydrogen) atoms. The first-order valence-electron chi connectivity index (χ1n) is 8.57. The molecule has 3 heteroatoms. The lowest BCUT2D eigenvalue weighted by molar-refractivity contribution is -0.146. The zero-order chi connectivity index (χ0) is 14.6. The molecule has 0 radical (unpaired) electrons. The number of nitrogens with zero attached hydrogens (tertiary/aromatic N) is 1. The number of carbonyl (C=O) groups is 1. The number of piperidine rings is 1. The topological polar surface area (TPSA) is 32.3 Å². The van der Waals surface area contributed by atoms with Crippen LogP contribution in [0.1, 0.15) is 65.2 Å². The summed E-state index contributed by atoms with van der Waals surface area (Å²) < 4.78 is 0. The minimum absolute atomic E-state index is 0.0740. The molecule has 2 aliphatic rings. The number of hydrogen-bond donors (Lipinski definition) is 1. The van der Waals surface area contributed by atoms with E-state index in [1.807, 2.05) is 0 Å². The van der Waals surface area contributed by atoms with Gasteiger partial charge in [0.25, 0.3) is 0 Å². The molecule has 1 saturated carbocycles. The fraction of sp³-hybridized carbons (Fsp3) is 0.941. The van der Waals surface area contributed by atoms with E-state index >= 15 is 0 Å². The highest BCUT2D eigenvalue weighted by molar-refractivity contribution is 5.83. The molecule has 1 heterocycles. The van der Waals surface area contributed by atoms with Crippen LogP contribution in [0.4, 0.5) is 0 Å². The maximum Gasteiger partial charge on any atom is 0.228 e. The van der Waals surface area contributed by atoms with Crippen molar-refractivity contribution in [3.63, 3.8) is 0 Å². The van der Waals surface area contributed by atoms with Crippen LogP contribution in [0.2, 0.25) is 0 Å². The van der Waals surface area contributed by atoms with E-state index in [2.05, 4.69) is 31.1 Å². The maximum atomic E-state index is 13.1. The van der Waals surface area contributed by atoms with Gasteiger partial charge in [0.15, 0.2) is 0 Å². The summed E-state index contributed by atoms with van der Waals surface area (Å²) in [4.78, 5) is 15.2. The molecule has 2 atom stereocenters. The molecule has 3 nitrogen and oxygen atoms in total. The van der Waals surface area contributed by atoms with Crippen molar-refractivity contribution in [1.29, 1.82) is 0 Å². The largest absolute Gasteiger partial charge is 0.342 e. The van der Waals surface area contributed by atoms with Crippen LogP contribution in [-0.2, 0) is 4.79 Å². The summed E-state index contributed by atoms with van der Waals surface area (Å²) in [5.41, 5.74) is -0.0740. The average molecular weight is 280 g/mol. The SMILES string of the molecule is CCCC1(C(=O)N(C)C2CCCC(C)C2)CCNCC1. The third-order valence-electron chi connectivity index (χ3n) is 5.52. The highest BCUT2D eigenvalue weighted by Gasteiger charge is 2.42. The molecule has 0 aromatic rings. The first kappa shape index (κ1) is 15.8. The summed E-state index contributed by atoms with van der Waals surface area (Å²) in [6.45, 7) is 6.54. The van der Waals surface area contributed by atoms with E-state index < -0.39 is 0 Å². The summed E-state index contributed by atoms with van der Waals surface area (Å²) in [7, 11) is 2.06. The summed E-state index contributed by atoms with van der Waals surface area (Å²) in [5.74, 6) is 1.21. The molecular weight excluding hydrogens is 248 g/mol. The smallest absolute Gasteiger partial charge is 0.228 e. The van der Waals surface area contributed by atoms with Gasteiger partial charge in [0.05, 0.1) is 5.41 Å². The van der Waals surface area contributed by atoms with Crippen LogP contribution in [0.5, 0.6) is 0 Å². The zero-order valence-corrected chi connectivity index (χ0v) is 13.6. The van der Waals surface area contributed by atoms with E-state index in [0.29, 0.717) is 11.9 Å². The molecule has 0 aromatic carbocycles. The van der Waals surface area contributed by atoms with Crippen molar-refractivity contribution in [3.8, 4) is 0 Å². The Balaban J connectivity index is 2.06. The van der Waals surface area contributed by atoms with Crippen molar-refractivity contribution in [2.75, 3.05) is 20.1 Å². The van der Waals surface area contributed by atoms with Crippen LogP contribution in [0, 0.1) is 11.3 Å². The minimum Gasteiger partial charge on any atom is -0.342 e. The molecule has 1 aliphatic carbocycles. The minimum atomic E-state index is -0.0740. The Morgan fingerprint density at radius 3 is 2.60 bits per heavy atom. The molecule has 0 bridgehead atoms. The van der Waals surface area contributed by atoms with Crippen molar-refractivity contribution in [2.45, 2.75) is 71.3 Å². The fourth-order valence-corrected chi connectivity index (χ4v) is 4.25. The lowest BCUT2D eigenvalue weighted by atomic mass is 9.73. The van der Waals surface area contributed by atoms with Crippen molar-refractivity contribution in [3.05, 3.63) is 0 Å². The standard InChI is InChI=1S/C17H32N2O/c1-4-8-17(9-11-18-12-10-17)16(20)19(3)15-7-5-6-14(2)13-15/h14-15,18H,4-13H2,1-3H3. The maximum absolute atomic E-state index is 13.1. The van der Waals surface area contributed by atoms with Gasteiger partial charge in [-0.15, -0.1) is 0 Å². The Morgan fingerprint density at radius 1 is 1.30 bits per heavy atom. The van der Waals surface area contributed by atoms with Gasteiger partial charge in [0.1, 0.15) is 0 Å². The molecule has 0 spiro atoms. The van der Waals surface area contributed by atoms with Crippen LogP contribution < -0.4 is 5.32 Å². The van der Waals surface area contributed by atoms with Gasteiger partial charge >= 0.3 is 0 Å². The molecule has 1 N–H and O–H groups in total. The van der Waals surface area contributed by atoms with Gasteiger partial charge in [-0.1, -0.05) is 33.1 Å². The Bertz CT molecular complexity index is 317. The van der Waals surface area contributed by atoms with E-state index in [1.54, 1.807) is 0 Å². The number of amides is 1. The van der Waals surface area contributed by atoms with Crippen molar-refractivity contribution < 1.29 is 4.79 Å². The molecule has 1 aliphatic heterocycles. The van der Waals surface area contributed by atoms with Gasteiger partial charge in [0.2, 0.25) is 5.91 Å². The van der Waals surface area contributed by atoms with Gasteiger partial charge in [-0.05, 0) is 51.1 Å². The van der Waals surface area contributed by atoms with E-state index in [4.69, 9.17) is 0 Å². The second-order valence-electron chi connectivity index (χ2n) is 7.12. The number of rotatable bonds is 4. The van der Waals surface area contributed by atoms with E-state index in [-0.39, 0.29) is 5.41 Å². The monoisotopic (exact) mass is 280 g/mol. The fourth-order valence-electron chi connectivity index (χ4n) is 4.25. The third-order valence-corrected chi connectivity index (χ3v) is 5.52. The summed E-state index contributed by atoms with van der Waals surface area (Å²) in [6.07, 6.45) is 9.23. The number of carbonyl (C=O) groups excluding carboxylic acids is 1. The van der Waals surface area contributed by atoms with Gasteiger partial charge in [-0.25, -0.2) is 0 Å².